The number of aliphatic imine (C=N–C) groups is 1. The second-order valence-electron chi connectivity index (χ2n) is 7.22. The minimum absolute atomic E-state index is 0.00529. The topological polar surface area (TPSA) is 249 Å². The van der Waals surface area contributed by atoms with Gasteiger partial charge in [0.05, 0.1) is 11.2 Å². The smallest absolute Gasteiger partial charge is 0.324 e. The summed E-state index contributed by atoms with van der Waals surface area (Å²) in [6.07, 6.45) is -4.26. The minimum Gasteiger partial charge on any atom is -0.324 e. The van der Waals surface area contributed by atoms with E-state index in [0.717, 1.165) is 9.80 Å². The summed E-state index contributed by atoms with van der Waals surface area (Å²) < 4.78 is 46.3. The van der Waals surface area contributed by atoms with Crippen LogP contribution in [0.25, 0.3) is 0 Å². The molecule has 0 aromatic carbocycles. The highest BCUT2D eigenvalue weighted by Crippen LogP contribution is 2.47. The van der Waals surface area contributed by atoms with Gasteiger partial charge in [0.15, 0.2) is 0 Å². The summed E-state index contributed by atoms with van der Waals surface area (Å²) in [7, 11) is -19.4. The van der Waals surface area contributed by atoms with Crippen LogP contribution in [0, 0.1) is 0 Å². The lowest BCUT2D eigenvalue weighted by Crippen LogP contribution is -2.56. The molecule has 3 atom stereocenters. The molecule has 0 amide bonds. The van der Waals surface area contributed by atoms with Gasteiger partial charge in [-0.1, -0.05) is 0 Å². The van der Waals surface area contributed by atoms with E-state index in [-0.39, 0.29) is 19.3 Å². The van der Waals surface area contributed by atoms with Crippen LogP contribution in [0.3, 0.4) is 0 Å². The molecule has 1 fully saturated rings. The van der Waals surface area contributed by atoms with Crippen LogP contribution in [-0.2, 0) is 18.3 Å². The zero-order chi connectivity index (χ0) is 24.3. The van der Waals surface area contributed by atoms with Gasteiger partial charge in [-0.25, -0.2) is 4.99 Å². The number of thiocarbonyl (C=S) groups is 1. The van der Waals surface area contributed by atoms with Crippen LogP contribution >= 0.6 is 42.6 Å². The van der Waals surface area contributed by atoms with E-state index in [1.807, 2.05) is 0 Å². The molecule has 0 aliphatic heterocycles. The van der Waals surface area contributed by atoms with E-state index in [2.05, 4.69) is 22.4 Å². The molecule has 20 heteroatoms. The first-order valence-corrected chi connectivity index (χ1v) is 16.1. The van der Waals surface area contributed by atoms with Crippen molar-refractivity contribution < 1.29 is 57.4 Å². The Balaban J connectivity index is 3.46. The third kappa shape index (κ3) is 12.4. The van der Waals surface area contributed by atoms with Crippen molar-refractivity contribution in [3.8, 4) is 0 Å². The van der Waals surface area contributed by atoms with E-state index >= 15 is 0 Å². The second kappa shape index (κ2) is 11.2. The maximum absolute atomic E-state index is 11.6. The molecule has 8 N–H and O–H groups in total. The van der Waals surface area contributed by atoms with Crippen molar-refractivity contribution in [3.63, 3.8) is 0 Å². The summed E-state index contributed by atoms with van der Waals surface area (Å²) in [6.45, 7) is 0. The molecule has 0 heterocycles. The fourth-order valence-corrected chi connectivity index (χ4v) is 7.17. The molecule has 1 saturated carbocycles. The first kappa shape index (κ1) is 29.4. The Morgan fingerprint density at radius 1 is 0.710 bits per heavy atom. The Hall–Kier alpha value is 0.320. The van der Waals surface area contributed by atoms with Gasteiger partial charge in [0.2, 0.25) is 0 Å². The minimum atomic E-state index is -4.86. The quantitative estimate of drug-likeness (QED) is 0.0924. The highest BCUT2D eigenvalue weighted by atomic mass is 32.1. The van der Waals surface area contributed by atoms with Gasteiger partial charge in [-0.3, -0.25) is 28.1 Å². The molecule has 15 nitrogen and oxygen atoms in total. The summed E-state index contributed by atoms with van der Waals surface area (Å²) in [5, 5.41) is 2.13. The zero-order valence-electron chi connectivity index (χ0n) is 15.9. The predicted octanol–water partition coefficient (Wildman–Crippen LogP) is -0.476. The van der Waals surface area contributed by atoms with Gasteiger partial charge in [0.25, 0.3) is 0 Å². The molecule has 182 valence electrons. The lowest BCUT2D eigenvalue weighted by atomic mass is 9.85. The van der Waals surface area contributed by atoms with E-state index in [1.54, 1.807) is 0 Å². The van der Waals surface area contributed by atoms with Crippen molar-refractivity contribution in [3.05, 3.63) is 0 Å². The van der Waals surface area contributed by atoms with Gasteiger partial charge in [-0.15, -0.1) is 0 Å². The molecule has 0 aromatic rings. The standard InChI is InChI=1S/C11H25N3O12P4S/c15-27(16,17)5-13(6-28(18,19)20)10-2-1-9(12-4-31)3-11(10)14(7-29(21,22)23)8-30(24,25)26/h9-11H,1-3,5-8H2,(H2,15,16,17)(H2,18,19,20)(H2,21,22,23)(H2,24,25,26)/t9-,10+,11+/m0/s1. The summed E-state index contributed by atoms with van der Waals surface area (Å²) in [5.41, 5.74) is 0. The molecule has 1 aliphatic rings. The first-order valence-electron chi connectivity index (χ1n) is 8.53. The molecule has 1 aliphatic carbocycles. The molecule has 31 heavy (non-hydrogen) atoms. The maximum Gasteiger partial charge on any atom is 0.339 e. The number of nitrogens with zero attached hydrogens (tertiary/aromatic N) is 3. The highest BCUT2D eigenvalue weighted by molar-refractivity contribution is 7.78. The van der Waals surface area contributed by atoms with Crippen LogP contribution in [0.5, 0.6) is 0 Å². The third-order valence-corrected chi connectivity index (χ3v) is 7.42. The van der Waals surface area contributed by atoms with Gasteiger partial charge < -0.3 is 39.1 Å². The number of rotatable bonds is 11. The molecule has 1 rings (SSSR count). The molecule has 0 bridgehead atoms. The number of hydrogen-bond acceptors (Lipinski definition) is 8. The molecular weight excluding hydrogens is 522 g/mol. The predicted molar refractivity (Wildman–Crippen MR) is 112 cm³/mol. The average Bonchev–Trinajstić information content (AvgIpc) is 2.48. The fraction of sp³-hybridized carbons (Fsp3) is 0.909. The molecule has 0 aromatic heterocycles. The maximum atomic E-state index is 11.6. The molecule has 0 spiro atoms. The van der Waals surface area contributed by atoms with E-state index in [4.69, 9.17) is 0 Å². The van der Waals surface area contributed by atoms with Crippen LogP contribution in [0.2, 0.25) is 0 Å². The third-order valence-electron chi connectivity index (χ3n) is 4.39. The molecular formula is C11H25N3O12P4S. The molecule has 0 radical (unpaired) electrons. The Morgan fingerprint density at radius 2 is 1.06 bits per heavy atom. The van der Waals surface area contributed by atoms with Crippen molar-refractivity contribution in [2.75, 3.05) is 25.1 Å². The summed E-state index contributed by atoms with van der Waals surface area (Å²) >= 11 is 4.54. The summed E-state index contributed by atoms with van der Waals surface area (Å²) in [4.78, 5) is 80.4. The number of hydrogen-bond donors (Lipinski definition) is 8. The van der Waals surface area contributed by atoms with E-state index in [9.17, 15) is 57.4 Å². The Kier molecular flexibility index (Phi) is 10.6. The highest BCUT2D eigenvalue weighted by Gasteiger charge is 2.43. The Bertz CT molecular complexity index is 812. The van der Waals surface area contributed by atoms with Crippen LogP contribution in [0.4, 0.5) is 0 Å². The second-order valence-corrected chi connectivity index (χ2v) is 13.9. The van der Waals surface area contributed by atoms with Crippen molar-refractivity contribution in [1.82, 2.24) is 9.80 Å². The van der Waals surface area contributed by atoms with Gasteiger partial charge in [-0.2, -0.15) is 0 Å². The van der Waals surface area contributed by atoms with Gasteiger partial charge in [0.1, 0.15) is 25.1 Å². The van der Waals surface area contributed by atoms with Gasteiger partial charge in [0, 0.05) is 12.1 Å². The van der Waals surface area contributed by atoms with Gasteiger partial charge in [-0.05, 0) is 31.5 Å². The Labute approximate surface area is 182 Å². The normalized spacial score (nSPS) is 23.7. The molecule has 0 saturated heterocycles. The van der Waals surface area contributed by atoms with Crippen molar-refractivity contribution in [2.24, 2.45) is 4.99 Å². The van der Waals surface area contributed by atoms with Crippen LogP contribution in [0.1, 0.15) is 19.3 Å². The summed E-state index contributed by atoms with van der Waals surface area (Å²) in [6, 6.07) is -2.87. The van der Waals surface area contributed by atoms with Crippen LogP contribution in [0.15, 0.2) is 4.99 Å². The zero-order valence-corrected chi connectivity index (χ0v) is 20.3. The number of isothiocyanates is 1. The first-order chi connectivity index (χ1) is 13.8. The van der Waals surface area contributed by atoms with Crippen molar-refractivity contribution >= 4 is 47.8 Å². The summed E-state index contributed by atoms with van der Waals surface area (Å²) in [5.74, 6) is 0. The largest absolute Gasteiger partial charge is 0.339 e. The van der Waals surface area contributed by atoms with Crippen molar-refractivity contribution in [1.29, 1.82) is 0 Å². The lowest BCUT2D eigenvalue weighted by Gasteiger charge is -2.46. The lowest BCUT2D eigenvalue weighted by molar-refractivity contribution is 0.0685. The van der Waals surface area contributed by atoms with E-state index in [0.29, 0.717) is 0 Å². The van der Waals surface area contributed by atoms with Crippen molar-refractivity contribution in [2.45, 2.75) is 37.4 Å². The Morgan fingerprint density at radius 3 is 1.39 bits per heavy atom. The van der Waals surface area contributed by atoms with E-state index < -0.39 is 73.7 Å². The van der Waals surface area contributed by atoms with E-state index in [1.165, 1.54) is 0 Å². The van der Waals surface area contributed by atoms with Crippen LogP contribution < -0.4 is 0 Å². The SMILES string of the molecule is O=P(O)(O)CN(CP(=O)(O)O)[C@@H]1CC[C@H](N=C=S)C[C@H]1N(CP(=O)(O)O)CP(=O)(O)O. The fourth-order valence-electron chi connectivity index (χ4n) is 3.57. The van der Waals surface area contributed by atoms with Crippen LogP contribution in [-0.4, -0.2) is 97.4 Å². The average molecular weight is 547 g/mol. The molecule has 0 unspecified atom stereocenters. The van der Waals surface area contributed by atoms with Gasteiger partial charge >= 0.3 is 30.4 Å². The monoisotopic (exact) mass is 547 g/mol.